The first kappa shape index (κ1) is 19.8. The Labute approximate surface area is 175 Å². The average molecular weight is 406 g/mol. The van der Waals surface area contributed by atoms with Crippen molar-refractivity contribution in [2.45, 2.75) is 40.3 Å². The number of nitrogens with zero attached hydrogens (tertiary/aromatic N) is 7. The Kier molecular flexibility index (Phi) is 5.35. The topological polar surface area (TPSA) is 95.6 Å². The number of nitrogens with one attached hydrogen (secondary N) is 1. The molecule has 9 nitrogen and oxygen atoms in total. The van der Waals surface area contributed by atoms with E-state index in [-0.39, 0.29) is 6.04 Å². The molecule has 0 fully saturated rings. The van der Waals surface area contributed by atoms with Gasteiger partial charge in [0.2, 0.25) is 5.88 Å². The molecule has 0 unspecified atom stereocenters. The summed E-state index contributed by atoms with van der Waals surface area (Å²) < 4.78 is 9.64. The third kappa shape index (κ3) is 3.58. The average Bonchev–Trinajstić information content (AvgIpc) is 3.30. The van der Waals surface area contributed by atoms with Crippen molar-refractivity contribution in [3.8, 4) is 17.1 Å². The van der Waals surface area contributed by atoms with Crippen molar-refractivity contribution in [3.63, 3.8) is 0 Å². The predicted octanol–water partition coefficient (Wildman–Crippen LogP) is 3.52. The molecule has 0 bridgehead atoms. The lowest BCUT2D eigenvalue weighted by Gasteiger charge is -2.15. The van der Waals surface area contributed by atoms with Crippen LogP contribution < -0.4 is 10.1 Å². The van der Waals surface area contributed by atoms with Gasteiger partial charge in [0.15, 0.2) is 5.82 Å². The van der Waals surface area contributed by atoms with E-state index in [1.54, 1.807) is 12.5 Å². The Morgan fingerprint density at radius 1 is 1.27 bits per heavy atom. The van der Waals surface area contributed by atoms with Crippen molar-refractivity contribution in [1.29, 1.82) is 0 Å². The lowest BCUT2D eigenvalue weighted by atomic mass is 10.1. The zero-order valence-corrected chi connectivity index (χ0v) is 17.9. The third-order valence-electron chi connectivity index (χ3n) is 4.88. The van der Waals surface area contributed by atoms with Gasteiger partial charge in [-0.3, -0.25) is 4.68 Å². The minimum atomic E-state index is 0.196. The van der Waals surface area contributed by atoms with Crippen molar-refractivity contribution in [2.24, 2.45) is 7.05 Å². The molecule has 4 aromatic rings. The maximum atomic E-state index is 5.74. The first-order chi connectivity index (χ1) is 14.5. The van der Waals surface area contributed by atoms with Gasteiger partial charge in [0.1, 0.15) is 17.4 Å². The molecule has 4 rings (SSSR count). The normalized spacial score (nSPS) is 11.4. The van der Waals surface area contributed by atoms with Crippen molar-refractivity contribution in [1.82, 2.24) is 34.5 Å². The zero-order chi connectivity index (χ0) is 21.3. The summed E-state index contributed by atoms with van der Waals surface area (Å²) >= 11 is 0. The molecule has 0 aliphatic heterocycles. The van der Waals surface area contributed by atoms with Crippen LogP contribution in [0.15, 0.2) is 30.7 Å². The Hall–Kier alpha value is -3.49. The molecule has 0 aromatic carbocycles. The molecular formula is C21H26N8O. The number of hydrogen-bond donors (Lipinski definition) is 1. The van der Waals surface area contributed by atoms with Crippen LogP contribution >= 0.6 is 0 Å². The molecule has 0 radical (unpaired) electrons. The van der Waals surface area contributed by atoms with Crippen LogP contribution in [-0.2, 0) is 13.6 Å². The first-order valence-corrected chi connectivity index (χ1v) is 10.0. The summed E-state index contributed by atoms with van der Waals surface area (Å²) in [6.45, 7) is 9.22. The standard InChI is InChI=1S/C21H26N8O/c1-6-30-21-15(8-7-9-22-21)16-10-17(23-11-18-26-24-12-28(18)5)20-19(25-16)14(4)27-29(20)13(2)3/h7-10,12-13H,6,11H2,1-5H3,(H,23,25). The van der Waals surface area contributed by atoms with Gasteiger partial charge in [-0.1, -0.05) is 0 Å². The Morgan fingerprint density at radius 3 is 2.80 bits per heavy atom. The monoisotopic (exact) mass is 406 g/mol. The number of aromatic nitrogens is 7. The minimum Gasteiger partial charge on any atom is -0.477 e. The summed E-state index contributed by atoms with van der Waals surface area (Å²) in [5.74, 6) is 1.41. The lowest BCUT2D eigenvalue weighted by Crippen LogP contribution is -2.09. The first-order valence-electron chi connectivity index (χ1n) is 10.0. The molecule has 1 N–H and O–H groups in total. The van der Waals surface area contributed by atoms with E-state index in [2.05, 4.69) is 34.3 Å². The number of ether oxygens (including phenoxy) is 1. The molecule has 0 aliphatic rings. The maximum absolute atomic E-state index is 5.74. The highest BCUT2D eigenvalue weighted by molar-refractivity contribution is 5.93. The highest BCUT2D eigenvalue weighted by Crippen LogP contribution is 2.34. The van der Waals surface area contributed by atoms with Gasteiger partial charge >= 0.3 is 0 Å². The fourth-order valence-electron chi connectivity index (χ4n) is 3.41. The van der Waals surface area contributed by atoms with E-state index in [1.807, 2.05) is 48.3 Å². The van der Waals surface area contributed by atoms with Crippen molar-refractivity contribution in [2.75, 3.05) is 11.9 Å². The number of fused-ring (bicyclic) bond motifs is 1. The molecule has 4 aromatic heterocycles. The third-order valence-corrected chi connectivity index (χ3v) is 4.88. The molecule has 0 atom stereocenters. The van der Waals surface area contributed by atoms with E-state index in [9.17, 15) is 0 Å². The van der Waals surface area contributed by atoms with Crippen LogP contribution in [-0.4, -0.2) is 41.1 Å². The molecule has 4 heterocycles. The Balaban J connectivity index is 1.87. The zero-order valence-electron chi connectivity index (χ0n) is 17.9. The number of aryl methyl sites for hydroxylation is 2. The van der Waals surface area contributed by atoms with Crippen molar-refractivity contribution >= 4 is 16.7 Å². The molecule has 0 amide bonds. The van der Waals surface area contributed by atoms with Gasteiger partial charge in [0, 0.05) is 19.3 Å². The number of pyridine rings is 2. The second-order valence-corrected chi connectivity index (χ2v) is 7.38. The van der Waals surface area contributed by atoms with E-state index < -0.39 is 0 Å². The second kappa shape index (κ2) is 8.10. The van der Waals surface area contributed by atoms with Gasteiger partial charge in [-0.15, -0.1) is 10.2 Å². The van der Waals surface area contributed by atoms with E-state index >= 15 is 0 Å². The summed E-state index contributed by atoms with van der Waals surface area (Å²) in [4.78, 5) is 9.32. The SMILES string of the molecule is CCOc1ncccc1-c1cc(NCc2nncn2C)c2c(n1)c(C)nn2C(C)C. The second-order valence-electron chi connectivity index (χ2n) is 7.38. The van der Waals surface area contributed by atoms with Gasteiger partial charge in [-0.25, -0.2) is 9.97 Å². The number of rotatable bonds is 7. The van der Waals surface area contributed by atoms with Crippen LogP contribution in [0.3, 0.4) is 0 Å². The van der Waals surface area contributed by atoms with E-state index in [0.717, 1.165) is 39.5 Å². The highest BCUT2D eigenvalue weighted by Gasteiger charge is 2.19. The highest BCUT2D eigenvalue weighted by atomic mass is 16.5. The molecule has 0 saturated carbocycles. The van der Waals surface area contributed by atoms with Gasteiger partial charge in [-0.2, -0.15) is 5.10 Å². The van der Waals surface area contributed by atoms with Gasteiger partial charge in [0.25, 0.3) is 0 Å². The number of anilines is 1. The van der Waals surface area contributed by atoms with Gasteiger partial charge in [-0.05, 0) is 45.9 Å². The molecule has 0 spiro atoms. The largest absolute Gasteiger partial charge is 0.477 e. The molecule has 9 heteroatoms. The minimum absolute atomic E-state index is 0.196. The van der Waals surface area contributed by atoms with Crippen LogP contribution in [0.4, 0.5) is 5.69 Å². The van der Waals surface area contributed by atoms with Crippen LogP contribution in [0.25, 0.3) is 22.3 Å². The van der Waals surface area contributed by atoms with Crippen LogP contribution in [0.1, 0.15) is 38.3 Å². The summed E-state index contributed by atoms with van der Waals surface area (Å²) in [6.07, 6.45) is 3.42. The predicted molar refractivity (Wildman–Crippen MR) is 115 cm³/mol. The molecule has 0 saturated heterocycles. The van der Waals surface area contributed by atoms with Crippen LogP contribution in [0.5, 0.6) is 5.88 Å². The lowest BCUT2D eigenvalue weighted by molar-refractivity contribution is 0.328. The summed E-state index contributed by atoms with van der Waals surface area (Å²) in [5, 5.41) is 16.4. The van der Waals surface area contributed by atoms with Crippen LogP contribution in [0.2, 0.25) is 0 Å². The van der Waals surface area contributed by atoms with Gasteiger partial charge < -0.3 is 14.6 Å². The molecule has 156 valence electrons. The fourth-order valence-corrected chi connectivity index (χ4v) is 3.41. The smallest absolute Gasteiger partial charge is 0.222 e. The Bertz CT molecular complexity index is 1180. The summed E-state index contributed by atoms with van der Waals surface area (Å²) in [6, 6.07) is 6.08. The quantitative estimate of drug-likeness (QED) is 0.502. The molecule has 0 aliphatic carbocycles. The van der Waals surface area contributed by atoms with E-state index in [4.69, 9.17) is 14.8 Å². The van der Waals surface area contributed by atoms with Crippen molar-refractivity contribution in [3.05, 3.63) is 42.2 Å². The van der Waals surface area contributed by atoms with Gasteiger partial charge in [0.05, 0.1) is 35.8 Å². The summed E-state index contributed by atoms with van der Waals surface area (Å²) in [5.41, 5.74) is 5.26. The Morgan fingerprint density at radius 2 is 2.10 bits per heavy atom. The van der Waals surface area contributed by atoms with Crippen molar-refractivity contribution < 1.29 is 4.74 Å². The van der Waals surface area contributed by atoms with E-state index in [1.165, 1.54) is 0 Å². The molecular weight excluding hydrogens is 380 g/mol. The maximum Gasteiger partial charge on any atom is 0.222 e. The van der Waals surface area contributed by atoms with E-state index in [0.29, 0.717) is 19.0 Å². The molecule has 30 heavy (non-hydrogen) atoms. The summed E-state index contributed by atoms with van der Waals surface area (Å²) in [7, 11) is 1.93. The fraction of sp³-hybridized carbons (Fsp3) is 0.381. The van der Waals surface area contributed by atoms with Crippen LogP contribution in [0, 0.1) is 6.92 Å². The number of hydrogen-bond acceptors (Lipinski definition) is 7.